The zero-order chi connectivity index (χ0) is 19.8. The molecular formula is C19H21Br2NO5. The summed E-state index contributed by atoms with van der Waals surface area (Å²) in [6.45, 7) is 2.03. The number of phenols is 1. The molecular weight excluding hydrogens is 482 g/mol. The Labute approximate surface area is 174 Å². The number of halogens is 2. The van der Waals surface area contributed by atoms with E-state index in [-0.39, 0.29) is 18.8 Å². The number of rotatable bonds is 8. The number of nitrogens with one attached hydrogen (secondary N) is 1. The van der Waals surface area contributed by atoms with Crippen molar-refractivity contribution in [2.45, 2.75) is 25.6 Å². The van der Waals surface area contributed by atoms with Crippen molar-refractivity contribution < 1.29 is 24.5 Å². The monoisotopic (exact) mass is 501 g/mol. The van der Waals surface area contributed by atoms with E-state index >= 15 is 0 Å². The van der Waals surface area contributed by atoms with Gasteiger partial charge < -0.3 is 19.7 Å². The highest BCUT2D eigenvalue weighted by atomic mass is 79.9. The molecule has 3 N–H and O–H groups in total. The summed E-state index contributed by atoms with van der Waals surface area (Å²) in [5.41, 5.74) is 0.956. The Hall–Kier alpha value is -1.61. The van der Waals surface area contributed by atoms with Gasteiger partial charge in [-0.05, 0) is 49.4 Å². The van der Waals surface area contributed by atoms with Gasteiger partial charge in [-0.3, -0.25) is 5.32 Å². The molecule has 2 aromatic carbocycles. The van der Waals surface area contributed by atoms with Gasteiger partial charge in [-0.15, -0.1) is 0 Å². The summed E-state index contributed by atoms with van der Waals surface area (Å²) in [5.74, 6) is -0.0257. The number of hydrogen-bond acceptors (Lipinski definition) is 5. The molecule has 0 radical (unpaired) electrons. The van der Waals surface area contributed by atoms with E-state index in [0.717, 1.165) is 8.95 Å². The van der Waals surface area contributed by atoms with Gasteiger partial charge in [-0.25, -0.2) is 4.79 Å². The average molecular weight is 503 g/mol. The van der Waals surface area contributed by atoms with Gasteiger partial charge in [0.25, 0.3) is 0 Å². The van der Waals surface area contributed by atoms with Crippen molar-refractivity contribution in [3.63, 3.8) is 0 Å². The second-order valence-corrected chi connectivity index (χ2v) is 7.50. The molecule has 0 fully saturated rings. The van der Waals surface area contributed by atoms with Crippen molar-refractivity contribution in [3.8, 4) is 5.75 Å². The molecule has 2 atom stereocenters. The Bertz CT molecular complexity index is 748. The van der Waals surface area contributed by atoms with E-state index in [1.165, 1.54) is 6.07 Å². The minimum Gasteiger partial charge on any atom is -0.508 e. The van der Waals surface area contributed by atoms with Crippen molar-refractivity contribution in [1.82, 2.24) is 0 Å². The van der Waals surface area contributed by atoms with Gasteiger partial charge >= 0.3 is 6.09 Å². The second-order valence-electron chi connectivity index (χ2n) is 5.67. The molecule has 0 aliphatic carbocycles. The fraction of sp³-hybridized carbons (Fsp3) is 0.316. The molecule has 2 aromatic rings. The van der Waals surface area contributed by atoms with Crippen molar-refractivity contribution in [2.75, 3.05) is 18.5 Å². The van der Waals surface area contributed by atoms with Gasteiger partial charge in [0, 0.05) is 39.8 Å². The highest BCUT2D eigenvalue weighted by Gasteiger charge is 2.30. The first-order valence-corrected chi connectivity index (χ1v) is 9.97. The van der Waals surface area contributed by atoms with Crippen LogP contribution in [0.15, 0.2) is 51.4 Å². The second kappa shape index (κ2) is 10.7. The molecule has 2 rings (SSSR count). The number of carbonyl (C=O) groups excluding carboxylic acids is 1. The Balaban J connectivity index is 2.26. The van der Waals surface area contributed by atoms with E-state index < -0.39 is 18.3 Å². The summed E-state index contributed by atoms with van der Waals surface area (Å²) in [6, 6.07) is 11.9. The number of anilines is 1. The van der Waals surface area contributed by atoms with Gasteiger partial charge in [0.15, 0.2) is 6.10 Å². The van der Waals surface area contributed by atoms with Crippen LogP contribution in [0.1, 0.15) is 25.0 Å². The zero-order valence-electron chi connectivity index (χ0n) is 14.7. The quantitative estimate of drug-likeness (QED) is 0.473. The third-order valence-electron chi connectivity index (χ3n) is 3.75. The summed E-state index contributed by atoms with van der Waals surface area (Å²) in [6.07, 6.45) is -1.96. The van der Waals surface area contributed by atoms with E-state index in [9.17, 15) is 15.0 Å². The Kier molecular flexibility index (Phi) is 8.56. The molecule has 0 unspecified atom stereocenters. The first kappa shape index (κ1) is 21.7. The lowest BCUT2D eigenvalue weighted by Crippen LogP contribution is -2.29. The molecule has 0 aromatic heterocycles. The number of aromatic hydroxyl groups is 1. The molecule has 0 aliphatic rings. The Morgan fingerprint density at radius 3 is 2.44 bits per heavy atom. The van der Waals surface area contributed by atoms with Crippen molar-refractivity contribution in [2.24, 2.45) is 0 Å². The van der Waals surface area contributed by atoms with Crippen molar-refractivity contribution in [1.29, 1.82) is 0 Å². The maximum atomic E-state index is 12.4. The van der Waals surface area contributed by atoms with Gasteiger partial charge in [0.1, 0.15) is 11.9 Å². The van der Waals surface area contributed by atoms with Crippen LogP contribution in [0.4, 0.5) is 10.5 Å². The Morgan fingerprint density at radius 2 is 1.81 bits per heavy atom. The number of phenolic OH excluding ortho intramolecular Hbond substituents is 1. The van der Waals surface area contributed by atoms with Crippen LogP contribution in [0, 0.1) is 0 Å². The van der Waals surface area contributed by atoms with E-state index in [1.54, 1.807) is 36.4 Å². The van der Waals surface area contributed by atoms with Crippen LogP contribution >= 0.6 is 31.9 Å². The lowest BCUT2D eigenvalue weighted by Gasteiger charge is -2.27. The standard InChI is InChI=1S/C19H21Br2NO5/c1-2-26-17(9-10-23)18(15-11-13(21)5-8-16(15)24)27-19(25)22-14-6-3-12(20)4-7-14/h3-8,11,17-18,23-24H,2,9-10H2,1H3,(H,22,25)/t17-,18-/m0/s1. The summed E-state index contributed by atoms with van der Waals surface area (Å²) in [4.78, 5) is 12.4. The van der Waals surface area contributed by atoms with Crippen LogP contribution in [0.25, 0.3) is 0 Å². The van der Waals surface area contributed by atoms with Gasteiger partial charge in [-0.1, -0.05) is 31.9 Å². The van der Waals surface area contributed by atoms with E-state index in [4.69, 9.17) is 9.47 Å². The zero-order valence-corrected chi connectivity index (χ0v) is 17.9. The maximum absolute atomic E-state index is 12.4. The molecule has 1 amide bonds. The molecule has 0 saturated carbocycles. The van der Waals surface area contributed by atoms with Crippen LogP contribution in [-0.2, 0) is 9.47 Å². The SMILES string of the molecule is CCO[C@@H](CCO)[C@@H](OC(=O)Nc1ccc(Br)cc1)c1cc(Br)ccc1O. The lowest BCUT2D eigenvalue weighted by molar-refractivity contribution is -0.0491. The van der Waals surface area contributed by atoms with E-state index in [0.29, 0.717) is 17.9 Å². The molecule has 0 spiro atoms. The maximum Gasteiger partial charge on any atom is 0.412 e. The number of carbonyl (C=O) groups is 1. The lowest BCUT2D eigenvalue weighted by atomic mass is 10.0. The van der Waals surface area contributed by atoms with Crippen LogP contribution in [0.5, 0.6) is 5.75 Å². The minimum atomic E-state index is -0.898. The molecule has 8 heteroatoms. The minimum absolute atomic E-state index is 0.0257. The summed E-state index contributed by atoms with van der Waals surface area (Å²) in [5, 5.41) is 22.3. The number of benzene rings is 2. The smallest absolute Gasteiger partial charge is 0.412 e. The molecule has 0 heterocycles. The van der Waals surface area contributed by atoms with Crippen LogP contribution < -0.4 is 5.32 Å². The number of ether oxygens (including phenoxy) is 2. The van der Waals surface area contributed by atoms with Crippen LogP contribution in [0.2, 0.25) is 0 Å². The van der Waals surface area contributed by atoms with Gasteiger partial charge in [0.05, 0.1) is 0 Å². The first-order valence-electron chi connectivity index (χ1n) is 8.38. The predicted octanol–water partition coefficient (Wildman–Crippen LogP) is 4.99. The predicted molar refractivity (Wildman–Crippen MR) is 110 cm³/mol. The average Bonchev–Trinajstić information content (AvgIpc) is 2.64. The number of aliphatic hydroxyl groups excluding tert-OH is 1. The van der Waals surface area contributed by atoms with Crippen LogP contribution in [0.3, 0.4) is 0 Å². The number of hydrogen-bond donors (Lipinski definition) is 3. The topological polar surface area (TPSA) is 88.0 Å². The number of aliphatic hydroxyl groups is 1. The summed E-state index contributed by atoms with van der Waals surface area (Å²) in [7, 11) is 0. The fourth-order valence-corrected chi connectivity index (χ4v) is 3.20. The largest absolute Gasteiger partial charge is 0.508 e. The van der Waals surface area contributed by atoms with E-state index in [1.807, 2.05) is 6.92 Å². The first-order chi connectivity index (χ1) is 12.9. The molecule has 6 nitrogen and oxygen atoms in total. The highest BCUT2D eigenvalue weighted by molar-refractivity contribution is 9.10. The molecule has 0 aliphatic heterocycles. The van der Waals surface area contributed by atoms with Crippen molar-refractivity contribution >= 4 is 43.6 Å². The number of amides is 1. The fourth-order valence-electron chi connectivity index (χ4n) is 2.55. The third-order valence-corrected chi connectivity index (χ3v) is 4.77. The normalized spacial score (nSPS) is 13.0. The summed E-state index contributed by atoms with van der Waals surface area (Å²) >= 11 is 6.69. The third kappa shape index (κ3) is 6.49. The highest BCUT2D eigenvalue weighted by Crippen LogP contribution is 2.34. The van der Waals surface area contributed by atoms with Crippen LogP contribution in [-0.4, -0.2) is 35.6 Å². The molecule has 146 valence electrons. The van der Waals surface area contributed by atoms with E-state index in [2.05, 4.69) is 37.2 Å². The Morgan fingerprint density at radius 1 is 1.15 bits per heavy atom. The van der Waals surface area contributed by atoms with Gasteiger partial charge in [0.2, 0.25) is 0 Å². The molecule has 27 heavy (non-hydrogen) atoms. The molecule has 0 saturated heterocycles. The summed E-state index contributed by atoms with van der Waals surface area (Å²) < 4.78 is 12.9. The van der Waals surface area contributed by atoms with Crippen molar-refractivity contribution in [3.05, 3.63) is 57.0 Å². The van der Waals surface area contributed by atoms with Gasteiger partial charge in [-0.2, -0.15) is 0 Å². The molecule has 0 bridgehead atoms.